The number of anilines is 1. The summed E-state index contributed by atoms with van der Waals surface area (Å²) in [4.78, 5) is 12.6. The van der Waals surface area contributed by atoms with E-state index < -0.39 is 0 Å². The molecule has 2 N–H and O–H groups in total. The molecule has 0 spiro atoms. The first-order valence-corrected chi connectivity index (χ1v) is 10.1. The maximum atomic E-state index is 12.6. The van der Waals surface area contributed by atoms with Crippen molar-refractivity contribution in [3.05, 3.63) is 82.9 Å². The molecule has 0 aliphatic carbocycles. The van der Waals surface area contributed by atoms with Crippen LogP contribution in [0.4, 0.5) is 5.69 Å². The van der Waals surface area contributed by atoms with Crippen LogP contribution in [0.2, 0.25) is 5.02 Å². The number of ether oxygens (including phenoxy) is 3. The summed E-state index contributed by atoms with van der Waals surface area (Å²) in [6.07, 6.45) is 0. The molecule has 8 heteroatoms. The van der Waals surface area contributed by atoms with Crippen molar-refractivity contribution >= 4 is 40.5 Å². The molecule has 0 radical (unpaired) electrons. The van der Waals surface area contributed by atoms with Gasteiger partial charge in [-0.05, 0) is 72.4 Å². The molecule has 6 nitrogen and oxygen atoms in total. The number of amides is 1. The maximum Gasteiger partial charge on any atom is 0.257 e. The van der Waals surface area contributed by atoms with E-state index in [1.807, 2.05) is 12.1 Å². The molecule has 0 aliphatic heterocycles. The molecule has 160 valence electrons. The molecule has 31 heavy (non-hydrogen) atoms. The minimum absolute atomic E-state index is 0.178. The summed E-state index contributed by atoms with van der Waals surface area (Å²) in [5.41, 5.74) is 2.08. The lowest BCUT2D eigenvalue weighted by molar-refractivity contribution is 0.0977. The van der Waals surface area contributed by atoms with Crippen LogP contribution in [0.25, 0.3) is 0 Å². The van der Waals surface area contributed by atoms with Crippen LogP contribution >= 0.6 is 23.8 Å². The Balaban J connectivity index is 1.61. The zero-order chi connectivity index (χ0) is 22.2. The number of methoxy groups -OCH3 is 2. The molecule has 0 saturated carbocycles. The molecule has 0 heterocycles. The first-order valence-electron chi connectivity index (χ1n) is 9.30. The molecule has 3 rings (SSSR count). The molecular weight excluding hydrogens is 436 g/mol. The van der Waals surface area contributed by atoms with E-state index in [-0.39, 0.29) is 11.0 Å². The summed E-state index contributed by atoms with van der Waals surface area (Å²) in [6, 6.07) is 19.5. The third-order valence-corrected chi connectivity index (χ3v) is 4.76. The van der Waals surface area contributed by atoms with E-state index in [9.17, 15) is 4.79 Å². The van der Waals surface area contributed by atoms with Gasteiger partial charge in [-0.1, -0.05) is 23.7 Å². The van der Waals surface area contributed by atoms with E-state index in [1.165, 1.54) is 7.11 Å². The van der Waals surface area contributed by atoms with Gasteiger partial charge in [0.15, 0.2) is 16.6 Å². The fourth-order valence-corrected chi connectivity index (χ4v) is 3.02. The monoisotopic (exact) mass is 456 g/mol. The molecular formula is C23H21ClN2O4S. The van der Waals surface area contributed by atoms with E-state index in [0.717, 1.165) is 17.0 Å². The SMILES string of the molecule is COc1ccc(NC(=S)NC(=O)c2ccc(OCc3ccc(Cl)cc3)c(OC)c2)cc1. The van der Waals surface area contributed by atoms with Crippen molar-refractivity contribution < 1.29 is 19.0 Å². The molecule has 0 atom stereocenters. The Bertz CT molecular complexity index is 1060. The second-order valence-corrected chi connectivity index (χ2v) is 7.26. The Kier molecular flexibility index (Phi) is 7.70. The first kappa shape index (κ1) is 22.4. The molecule has 0 unspecified atom stereocenters. The summed E-state index contributed by atoms with van der Waals surface area (Å²) in [5.74, 6) is 1.32. The lowest BCUT2D eigenvalue weighted by Crippen LogP contribution is -2.34. The van der Waals surface area contributed by atoms with Crippen LogP contribution in [0.1, 0.15) is 15.9 Å². The van der Waals surface area contributed by atoms with Gasteiger partial charge in [-0.2, -0.15) is 0 Å². The van der Waals surface area contributed by atoms with E-state index >= 15 is 0 Å². The van der Waals surface area contributed by atoms with E-state index in [2.05, 4.69) is 10.6 Å². The van der Waals surface area contributed by atoms with Gasteiger partial charge in [0.05, 0.1) is 14.2 Å². The standard InChI is InChI=1S/C23H21ClN2O4S/c1-28-19-10-8-18(9-11-19)25-23(31)26-22(27)16-5-12-20(21(13-16)29-2)30-14-15-3-6-17(24)7-4-15/h3-13H,14H2,1-2H3,(H2,25,26,27,31). The zero-order valence-corrected chi connectivity index (χ0v) is 18.5. The van der Waals surface area contributed by atoms with Crippen molar-refractivity contribution in [2.45, 2.75) is 6.61 Å². The van der Waals surface area contributed by atoms with Gasteiger partial charge in [0, 0.05) is 16.3 Å². The van der Waals surface area contributed by atoms with Gasteiger partial charge in [-0.25, -0.2) is 0 Å². The van der Waals surface area contributed by atoms with Crippen molar-refractivity contribution in [3.63, 3.8) is 0 Å². The number of benzene rings is 3. The topological polar surface area (TPSA) is 68.8 Å². The Labute approximate surface area is 191 Å². The second kappa shape index (κ2) is 10.7. The van der Waals surface area contributed by atoms with Crippen LogP contribution in [-0.4, -0.2) is 25.2 Å². The van der Waals surface area contributed by atoms with Crippen LogP contribution in [0.3, 0.4) is 0 Å². The fourth-order valence-electron chi connectivity index (χ4n) is 2.68. The number of halogens is 1. The van der Waals surface area contributed by atoms with Crippen LogP contribution in [0, 0.1) is 0 Å². The van der Waals surface area contributed by atoms with Crippen molar-refractivity contribution in [1.82, 2.24) is 5.32 Å². The van der Waals surface area contributed by atoms with Crippen LogP contribution in [0.5, 0.6) is 17.2 Å². The van der Waals surface area contributed by atoms with Gasteiger partial charge in [0.25, 0.3) is 5.91 Å². The predicted octanol–water partition coefficient (Wildman–Crippen LogP) is 5.06. The summed E-state index contributed by atoms with van der Waals surface area (Å²) >= 11 is 11.1. The maximum absolute atomic E-state index is 12.6. The van der Waals surface area contributed by atoms with E-state index in [1.54, 1.807) is 61.7 Å². The van der Waals surface area contributed by atoms with Gasteiger partial charge in [0.2, 0.25) is 0 Å². The molecule has 0 saturated heterocycles. The van der Waals surface area contributed by atoms with Crippen molar-refractivity contribution in [1.29, 1.82) is 0 Å². The van der Waals surface area contributed by atoms with Crippen LogP contribution < -0.4 is 24.8 Å². The van der Waals surface area contributed by atoms with Gasteiger partial charge in [-0.3, -0.25) is 10.1 Å². The molecule has 0 aliphatic rings. The number of thiocarbonyl (C=S) groups is 1. The highest BCUT2D eigenvalue weighted by atomic mass is 35.5. The minimum Gasteiger partial charge on any atom is -0.497 e. The van der Waals surface area contributed by atoms with Gasteiger partial charge in [-0.15, -0.1) is 0 Å². The van der Waals surface area contributed by atoms with Crippen molar-refractivity contribution in [2.24, 2.45) is 0 Å². The summed E-state index contributed by atoms with van der Waals surface area (Å²) in [5, 5.41) is 6.44. The summed E-state index contributed by atoms with van der Waals surface area (Å²) < 4.78 is 16.3. The second-order valence-electron chi connectivity index (χ2n) is 6.42. The minimum atomic E-state index is -0.367. The Morgan fingerprint density at radius 3 is 2.29 bits per heavy atom. The highest BCUT2D eigenvalue weighted by Crippen LogP contribution is 2.29. The predicted molar refractivity (Wildman–Crippen MR) is 125 cm³/mol. The Hall–Kier alpha value is -3.29. The average molecular weight is 457 g/mol. The normalized spacial score (nSPS) is 10.2. The smallest absolute Gasteiger partial charge is 0.257 e. The summed E-state index contributed by atoms with van der Waals surface area (Å²) in [7, 11) is 3.11. The van der Waals surface area contributed by atoms with Crippen LogP contribution in [-0.2, 0) is 6.61 Å². The Morgan fingerprint density at radius 1 is 0.935 bits per heavy atom. The largest absolute Gasteiger partial charge is 0.497 e. The number of nitrogens with one attached hydrogen (secondary N) is 2. The van der Waals surface area contributed by atoms with Gasteiger partial charge in [0.1, 0.15) is 12.4 Å². The molecule has 1 amide bonds. The molecule has 3 aromatic carbocycles. The zero-order valence-electron chi connectivity index (χ0n) is 17.0. The third-order valence-electron chi connectivity index (χ3n) is 4.31. The lowest BCUT2D eigenvalue weighted by Gasteiger charge is -2.13. The van der Waals surface area contributed by atoms with E-state index in [0.29, 0.717) is 28.7 Å². The quantitative estimate of drug-likeness (QED) is 0.484. The number of carbonyl (C=O) groups is 1. The Morgan fingerprint density at radius 2 is 1.65 bits per heavy atom. The van der Waals surface area contributed by atoms with E-state index in [4.69, 9.17) is 38.0 Å². The number of carbonyl (C=O) groups excluding carboxylic acids is 1. The van der Waals surface area contributed by atoms with Crippen molar-refractivity contribution in [3.8, 4) is 17.2 Å². The highest BCUT2D eigenvalue weighted by molar-refractivity contribution is 7.80. The fraction of sp³-hybridized carbons (Fsp3) is 0.130. The average Bonchev–Trinajstić information content (AvgIpc) is 2.79. The van der Waals surface area contributed by atoms with Crippen molar-refractivity contribution in [2.75, 3.05) is 19.5 Å². The molecule has 0 fully saturated rings. The molecule has 3 aromatic rings. The van der Waals surface area contributed by atoms with Gasteiger partial charge >= 0.3 is 0 Å². The first-order chi connectivity index (χ1) is 15.0. The molecule has 0 bridgehead atoms. The van der Waals surface area contributed by atoms with Gasteiger partial charge < -0.3 is 19.5 Å². The number of hydrogen-bond donors (Lipinski definition) is 2. The molecule has 0 aromatic heterocycles. The van der Waals surface area contributed by atoms with Crippen LogP contribution in [0.15, 0.2) is 66.7 Å². The highest BCUT2D eigenvalue weighted by Gasteiger charge is 2.13. The third kappa shape index (κ3) is 6.34. The number of rotatable bonds is 7. The summed E-state index contributed by atoms with van der Waals surface area (Å²) in [6.45, 7) is 0.342. The number of hydrogen-bond acceptors (Lipinski definition) is 5. The lowest BCUT2D eigenvalue weighted by atomic mass is 10.2.